The summed E-state index contributed by atoms with van der Waals surface area (Å²) in [5.74, 6) is 0.556. The largest absolute Gasteiger partial charge is 0.309 e. The van der Waals surface area contributed by atoms with E-state index in [1.807, 2.05) is 60.8 Å². The van der Waals surface area contributed by atoms with Gasteiger partial charge in [0.1, 0.15) is 5.65 Å². The SMILES string of the molecule is N#Cc1ccc(-c2cc(-n3c4ccccc4c4cc(-c5ccc6c(c5)c5cccnc5n6-c5nc(-c6ccccc6)cc(-c6ccccc6)n5)ccc43)c3ccccc3c2)c(C#N)c1. The molecule has 64 heavy (non-hydrogen) atoms. The van der Waals surface area contributed by atoms with Crippen molar-refractivity contribution in [2.24, 2.45) is 0 Å². The van der Waals surface area contributed by atoms with Gasteiger partial charge in [0.05, 0.1) is 56.9 Å². The van der Waals surface area contributed by atoms with E-state index in [1.165, 1.54) is 0 Å². The smallest absolute Gasteiger partial charge is 0.237 e. The van der Waals surface area contributed by atoms with Gasteiger partial charge in [0, 0.05) is 44.3 Å². The van der Waals surface area contributed by atoms with E-state index in [0.29, 0.717) is 17.1 Å². The lowest BCUT2D eigenvalue weighted by atomic mass is 9.95. The molecule has 12 aromatic rings. The van der Waals surface area contributed by atoms with Crippen molar-refractivity contribution < 1.29 is 0 Å². The fourth-order valence-electron chi connectivity index (χ4n) is 9.28. The first-order valence-corrected chi connectivity index (χ1v) is 21.0. The molecule has 0 aliphatic carbocycles. The molecule has 8 aromatic carbocycles. The van der Waals surface area contributed by atoms with Gasteiger partial charge in [-0.3, -0.25) is 4.57 Å². The molecule has 0 saturated carbocycles. The highest BCUT2D eigenvalue weighted by Gasteiger charge is 2.21. The molecule has 0 amide bonds. The molecule has 12 rings (SSSR count). The van der Waals surface area contributed by atoms with Crippen LogP contribution in [-0.2, 0) is 0 Å². The van der Waals surface area contributed by atoms with E-state index in [1.54, 1.807) is 12.1 Å². The van der Waals surface area contributed by atoms with Crippen molar-refractivity contribution in [2.75, 3.05) is 0 Å². The van der Waals surface area contributed by atoms with Crippen molar-refractivity contribution in [1.82, 2.24) is 24.1 Å². The Morgan fingerprint density at radius 1 is 0.406 bits per heavy atom. The van der Waals surface area contributed by atoms with Crippen LogP contribution in [0.25, 0.3) is 111 Å². The molecule has 0 spiro atoms. The zero-order valence-corrected chi connectivity index (χ0v) is 34.2. The Kier molecular flexibility index (Phi) is 8.47. The van der Waals surface area contributed by atoms with Crippen LogP contribution in [0, 0.1) is 22.7 Å². The second-order valence-electron chi connectivity index (χ2n) is 15.9. The lowest BCUT2D eigenvalue weighted by Crippen LogP contribution is -2.04. The third kappa shape index (κ3) is 5.92. The van der Waals surface area contributed by atoms with Crippen LogP contribution in [0.4, 0.5) is 0 Å². The fraction of sp³-hybridized carbons (Fsp3) is 0. The standard InChI is InChI=1S/C57H33N7/c58-34-36-21-24-44(43(28-36)35-59)42-29-41-16-7-8-17-45(41)55(32-42)63-52-20-10-9-18-46(52)48-30-39(22-25-53(48)63)40-23-26-54-49(31-40)47-19-11-27-60-56(47)64(54)57-61-50(37-12-3-1-4-13-37)33-51(62-57)38-14-5-2-6-15-38/h1-33H. The average molecular weight is 816 g/mol. The van der Waals surface area contributed by atoms with E-state index in [2.05, 4.69) is 149 Å². The minimum absolute atomic E-state index is 0.459. The van der Waals surface area contributed by atoms with Crippen LogP contribution >= 0.6 is 0 Å². The zero-order valence-electron chi connectivity index (χ0n) is 34.2. The van der Waals surface area contributed by atoms with E-state index < -0.39 is 0 Å². The summed E-state index contributed by atoms with van der Waals surface area (Å²) in [6.45, 7) is 0. The van der Waals surface area contributed by atoms with Crippen LogP contribution in [0.15, 0.2) is 200 Å². The van der Waals surface area contributed by atoms with Gasteiger partial charge < -0.3 is 4.57 Å². The van der Waals surface area contributed by atoms with Crippen LogP contribution in [0.5, 0.6) is 0 Å². The maximum Gasteiger partial charge on any atom is 0.237 e. The van der Waals surface area contributed by atoms with Gasteiger partial charge in [0.25, 0.3) is 0 Å². The topological polar surface area (TPSA) is 96.1 Å². The second-order valence-corrected chi connectivity index (χ2v) is 15.9. The third-order valence-corrected chi connectivity index (χ3v) is 12.2. The zero-order chi connectivity index (χ0) is 42.7. The van der Waals surface area contributed by atoms with Gasteiger partial charge in [-0.25, -0.2) is 15.0 Å². The van der Waals surface area contributed by atoms with Gasteiger partial charge >= 0.3 is 0 Å². The summed E-state index contributed by atoms with van der Waals surface area (Å²) in [5.41, 5.74) is 13.4. The monoisotopic (exact) mass is 815 g/mol. The molecule has 0 saturated heterocycles. The van der Waals surface area contributed by atoms with E-state index in [0.717, 1.165) is 105 Å². The molecule has 0 bridgehead atoms. The molecule has 0 fully saturated rings. The molecule has 0 N–H and O–H groups in total. The summed E-state index contributed by atoms with van der Waals surface area (Å²) >= 11 is 0. The van der Waals surface area contributed by atoms with Crippen LogP contribution in [0.2, 0.25) is 0 Å². The lowest BCUT2D eigenvalue weighted by Gasteiger charge is -2.15. The molecular weight excluding hydrogens is 783 g/mol. The number of aromatic nitrogens is 5. The second kappa shape index (κ2) is 14.8. The fourth-order valence-corrected chi connectivity index (χ4v) is 9.28. The average Bonchev–Trinajstić information content (AvgIpc) is 3.88. The summed E-state index contributed by atoms with van der Waals surface area (Å²) < 4.78 is 4.42. The highest BCUT2D eigenvalue weighted by atomic mass is 15.2. The molecule has 7 nitrogen and oxygen atoms in total. The Balaban J connectivity index is 1.03. The number of rotatable bonds is 6. The maximum absolute atomic E-state index is 10.2. The molecule has 296 valence electrons. The van der Waals surface area contributed by atoms with Crippen molar-refractivity contribution >= 4 is 54.5 Å². The third-order valence-electron chi connectivity index (χ3n) is 12.2. The molecule has 0 aliphatic rings. The van der Waals surface area contributed by atoms with Gasteiger partial charge in [-0.1, -0.05) is 121 Å². The van der Waals surface area contributed by atoms with Crippen molar-refractivity contribution in [2.45, 2.75) is 0 Å². The number of nitrogens with zero attached hydrogens (tertiary/aromatic N) is 7. The molecule has 0 radical (unpaired) electrons. The summed E-state index contributed by atoms with van der Waals surface area (Å²) in [6.07, 6.45) is 1.83. The minimum Gasteiger partial charge on any atom is -0.309 e. The number of fused-ring (bicyclic) bond motifs is 7. The van der Waals surface area contributed by atoms with Gasteiger partial charge in [-0.05, 0) is 100 Å². The number of benzene rings is 8. The van der Waals surface area contributed by atoms with Gasteiger partial charge in [0.15, 0.2) is 0 Å². The first kappa shape index (κ1) is 36.7. The highest BCUT2D eigenvalue weighted by molar-refractivity contribution is 6.13. The summed E-state index contributed by atoms with van der Waals surface area (Å²) in [5, 5.41) is 26.2. The quantitative estimate of drug-likeness (QED) is 0.166. The molecular formula is C57H33N7. The number of para-hydroxylation sites is 1. The summed E-state index contributed by atoms with van der Waals surface area (Å²) in [7, 11) is 0. The molecule has 0 aliphatic heterocycles. The Hall–Kier alpha value is -9.17. The van der Waals surface area contributed by atoms with Crippen LogP contribution in [0.3, 0.4) is 0 Å². The molecule has 0 atom stereocenters. The first-order valence-electron chi connectivity index (χ1n) is 21.0. The van der Waals surface area contributed by atoms with Crippen LogP contribution in [0.1, 0.15) is 11.1 Å². The van der Waals surface area contributed by atoms with Crippen molar-refractivity contribution in [3.05, 3.63) is 211 Å². The van der Waals surface area contributed by atoms with E-state index in [4.69, 9.17) is 15.0 Å². The predicted octanol–water partition coefficient (Wildman–Crippen LogP) is 13.6. The minimum atomic E-state index is 0.459. The highest BCUT2D eigenvalue weighted by Crippen LogP contribution is 2.41. The maximum atomic E-state index is 10.2. The van der Waals surface area contributed by atoms with E-state index in [9.17, 15) is 10.5 Å². The Labute approximate surface area is 367 Å². The van der Waals surface area contributed by atoms with Crippen LogP contribution < -0.4 is 0 Å². The summed E-state index contributed by atoms with van der Waals surface area (Å²) in [6, 6.07) is 71.0. The predicted molar refractivity (Wildman–Crippen MR) is 257 cm³/mol. The van der Waals surface area contributed by atoms with Crippen LogP contribution in [-0.4, -0.2) is 24.1 Å². The Morgan fingerprint density at radius 2 is 1.02 bits per heavy atom. The number of nitriles is 2. The van der Waals surface area contributed by atoms with Crippen molar-refractivity contribution in [3.63, 3.8) is 0 Å². The number of hydrogen-bond acceptors (Lipinski definition) is 5. The van der Waals surface area contributed by atoms with Crippen molar-refractivity contribution in [1.29, 1.82) is 10.5 Å². The van der Waals surface area contributed by atoms with Gasteiger partial charge in [0.2, 0.25) is 5.95 Å². The van der Waals surface area contributed by atoms with Gasteiger partial charge in [-0.2, -0.15) is 10.5 Å². The first-order chi connectivity index (χ1) is 31.6. The molecule has 4 aromatic heterocycles. The van der Waals surface area contributed by atoms with E-state index in [-0.39, 0.29) is 0 Å². The molecule has 0 unspecified atom stereocenters. The number of pyridine rings is 1. The van der Waals surface area contributed by atoms with Crippen molar-refractivity contribution in [3.8, 4) is 68.5 Å². The Morgan fingerprint density at radius 3 is 1.72 bits per heavy atom. The normalized spacial score (nSPS) is 11.4. The Bertz CT molecular complexity index is 3870. The van der Waals surface area contributed by atoms with E-state index >= 15 is 0 Å². The molecule has 4 heterocycles. The molecule has 7 heteroatoms. The summed E-state index contributed by atoms with van der Waals surface area (Å²) in [4.78, 5) is 15.3. The number of hydrogen-bond donors (Lipinski definition) is 0. The van der Waals surface area contributed by atoms with Gasteiger partial charge in [-0.15, -0.1) is 0 Å². The lowest BCUT2D eigenvalue weighted by molar-refractivity contribution is 0.982.